The van der Waals surface area contributed by atoms with E-state index in [0.29, 0.717) is 0 Å². The minimum Gasteiger partial charge on any atom is -0.478 e. The molecule has 1 aromatic carbocycles. The van der Waals surface area contributed by atoms with Gasteiger partial charge in [-0.3, -0.25) is 0 Å². The third kappa shape index (κ3) is 3.60. The summed E-state index contributed by atoms with van der Waals surface area (Å²) in [6.07, 6.45) is 6.88. The largest absolute Gasteiger partial charge is 0.478 e. The van der Waals surface area contributed by atoms with Crippen LogP contribution >= 0.6 is 0 Å². The SMILES string of the molecule is CCN(CC1CCC1)c1ccccc1/C=C/C(=O)O. The summed E-state index contributed by atoms with van der Waals surface area (Å²) in [5, 5.41) is 8.75. The molecule has 19 heavy (non-hydrogen) atoms. The predicted molar refractivity (Wildman–Crippen MR) is 78.3 cm³/mol. The van der Waals surface area contributed by atoms with Crippen LogP contribution < -0.4 is 4.90 Å². The van der Waals surface area contributed by atoms with Crippen molar-refractivity contribution in [3.05, 3.63) is 35.9 Å². The lowest BCUT2D eigenvalue weighted by molar-refractivity contribution is -0.131. The van der Waals surface area contributed by atoms with E-state index in [2.05, 4.69) is 17.9 Å². The number of benzene rings is 1. The number of nitrogens with zero attached hydrogens (tertiary/aromatic N) is 1. The van der Waals surface area contributed by atoms with E-state index in [0.717, 1.165) is 30.3 Å². The number of rotatable bonds is 6. The molecule has 3 heteroatoms. The zero-order chi connectivity index (χ0) is 13.7. The van der Waals surface area contributed by atoms with Crippen LogP contribution in [-0.2, 0) is 4.79 Å². The van der Waals surface area contributed by atoms with Crippen LogP contribution in [0.2, 0.25) is 0 Å². The molecule has 0 aliphatic heterocycles. The fourth-order valence-corrected chi connectivity index (χ4v) is 2.46. The standard InChI is InChI=1S/C16H21NO2/c1-2-17(12-13-6-5-7-13)15-9-4-3-8-14(15)10-11-16(18)19/h3-4,8-11,13H,2,5-7,12H2,1H3,(H,18,19)/b11-10+. The number of carbonyl (C=O) groups is 1. The highest BCUT2D eigenvalue weighted by Gasteiger charge is 2.20. The molecule has 1 N–H and O–H groups in total. The van der Waals surface area contributed by atoms with Crippen molar-refractivity contribution in [2.24, 2.45) is 5.92 Å². The van der Waals surface area contributed by atoms with E-state index < -0.39 is 5.97 Å². The van der Waals surface area contributed by atoms with Crippen molar-refractivity contribution in [3.8, 4) is 0 Å². The van der Waals surface area contributed by atoms with Crippen LogP contribution in [0.15, 0.2) is 30.3 Å². The van der Waals surface area contributed by atoms with E-state index in [9.17, 15) is 4.79 Å². The average Bonchev–Trinajstić information content (AvgIpc) is 2.36. The summed E-state index contributed by atoms with van der Waals surface area (Å²) in [7, 11) is 0. The molecule has 3 nitrogen and oxygen atoms in total. The predicted octanol–water partition coefficient (Wildman–Crippen LogP) is 3.41. The van der Waals surface area contributed by atoms with E-state index in [1.807, 2.05) is 18.2 Å². The summed E-state index contributed by atoms with van der Waals surface area (Å²) in [6.45, 7) is 4.18. The number of para-hydroxylation sites is 1. The van der Waals surface area contributed by atoms with Gasteiger partial charge in [-0.15, -0.1) is 0 Å². The van der Waals surface area contributed by atoms with Gasteiger partial charge < -0.3 is 10.0 Å². The maximum absolute atomic E-state index is 10.7. The Bertz CT molecular complexity index is 464. The van der Waals surface area contributed by atoms with Crippen LogP contribution in [0.3, 0.4) is 0 Å². The van der Waals surface area contributed by atoms with Gasteiger partial charge in [0.2, 0.25) is 0 Å². The Morgan fingerprint density at radius 1 is 1.42 bits per heavy atom. The third-order valence-corrected chi connectivity index (χ3v) is 3.77. The monoisotopic (exact) mass is 259 g/mol. The number of anilines is 1. The van der Waals surface area contributed by atoms with E-state index in [-0.39, 0.29) is 0 Å². The lowest BCUT2D eigenvalue weighted by Crippen LogP contribution is -2.32. The molecule has 1 aliphatic carbocycles. The fraction of sp³-hybridized carbons (Fsp3) is 0.438. The van der Waals surface area contributed by atoms with Gasteiger partial charge in [-0.1, -0.05) is 24.6 Å². The molecule has 102 valence electrons. The molecular weight excluding hydrogens is 238 g/mol. The summed E-state index contributed by atoms with van der Waals surface area (Å²) in [4.78, 5) is 13.0. The van der Waals surface area contributed by atoms with Crippen LogP contribution in [0.25, 0.3) is 6.08 Å². The van der Waals surface area contributed by atoms with Crippen LogP contribution in [0.4, 0.5) is 5.69 Å². The highest BCUT2D eigenvalue weighted by atomic mass is 16.4. The quantitative estimate of drug-likeness (QED) is 0.796. The summed E-state index contributed by atoms with van der Waals surface area (Å²) < 4.78 is 0. The molecular formula is C16H21NO2. The molecule has 0 aromatic heterocycles. The third-order valence-electron chi connectivity index (χ3n) is 3.77. The first-order chi connectivity index (χ1) is 9.20. The molecule has 1 saturated carbocycles. The molecule has 2 rings (SSSR count). The van der Waals surface area contributed by atoms with Gasteiger partial charge in [0.15, 0.2) is 0 Å². The summed E-state index contributed by atoms with van der Waals surface area (Å²) in [5.41, 5.74) is 2.11. The zero-order valence-electron chi connectivity index (χ0n) is 11.4. The molecule has 0 spiro atoms. The second-order valence-electron chi connectivity index (χ2n) is 5.07. The van der Waals surface area contributed by atoms with Crippen molar-refractivity contribution < 1.29 is 9.90 Å². The lowest BCUT2D eigenvalue weighted by Gasteiger charge is -2.34. The minimum absolute atomic E-state index is 0.802. The maximum atomic E-state index is 10.7. The second kappa shape index (κ2) is 6.41. The first-order valence-corrected chi connectivity index (χ1v) is 6.95. The molecule has 1 aliphatic rings. The number of hydrogen-bond acceptors (Lipinski definition) is 2. The topological polar surface area (TPSA) is 40.5 Å². The molecule has 1 fully saturated rings. The van der Waals surface area contributed by atoms with Crippen molar-refractivity contribution in [2.45, 2.75) is 26.2 Å². The van der Waals surface area contributed by atoms with Gasteiger partial charge >= 0.3 is 5.97 Å². The molecule has 0 heterocycles. The number of hydrogen-bond donors (Lipinski definition) is 1. The van der Waals surface area contributed by atoms with E-state index in [1.54, 1.807) is 6.08 Å². The normalized spacial score (nSPS) is 15.4. The highest BCUT2D eigenvalue weighted by Crippen LogP contribution is 2.30. The summed E-state index contributed by atoms with van der Waals surface area (Å²) in [6, 6.07) is 8.00. The second-order valence-corrected chi connectivity index (χ2v) is 5.07. The molecule has 1 aromatic rings. The van der Waals surface area contributed by atoms with Gasteiger partial charge in [0, 0.05) is 24.9 Å². The Morgan fingerprint density at radius 2 is 2.16 bits per heavy atom. The lowest BCUT2D eigenvalue weighted by atomic mass is 9.85. The van der Waals surface area contributed by atoms with Gasteiger partial charge in [0.25, 0.3) is 0 Å². The van der Waals surface area contributed by atoms with E-state index in [1.165, 1.54) is 25.3 Å². The van der Waals surface area contributed by atoms with Crippen LogP contribution in [-0.4, -0.2) is 24.2 Å². The van der Waals surface area contributed by atoms with E-state index in [4.69, 9.17) is 5.11 Å². The first kappa shape index (κ1) is 13.7. The minimum atomic E-state index is -0.906. The van der Waals surface area contributed by atoms with Crippen molar-refractivity contribution in [3.63, 3.8) is 0 Å². The Balaban J connectivity index is 2.18. The van der Waals surface area contributed by atoms with Gasteiger partial charge in [-0.25, -0.2) is 4.79 Å². The van der Waals surface area contributed by atoms with Gasteiger partial charge in [0.1, 0.15) is 0 Å². The fourth-order valence-electron chi connectivity index (χ4n) is 2.46. The van der Waals surface area contributed by atoms with Crippen LogP contribution in [0.5, 0.6) is 0 Å². The first-order valence-electron chi connectivity index (χ1n) is 6.95. The Morgan fingerprint density at radius 3 is 2.74 bits per heavy atom. The van der Waals surface area contributed by atoms with Crippen LogP contribution in [0, 0.1) is 5.92 Å². The van der Waals surface area contributed by atoms with Gasteiger partial charge in [-0.05, 0) is 43.4 Å². The maximum Gasteiger partial charge on any atom is 0.328 e. The highest BCUT2D eigenvalue weighted by molar-refractivity contribution is 5.87. The van der Waals surface area contributed by atoms with Gasteiger partial charge in [-0.2, -0.15) is 0 Å². The van der Waals surface area contributed by atoms with E-state index >= 15 is 0 Å². The Hall–Kier alpha value is -1.77. The molecule has 0 saturated heterocycles. The molecule has 0 unspecified atom stereocenters. The van der Waals surface area contributed by atoms with Gasteiger partial charge in [0.05, 0.1) is 0 Å². The number of carboxylic acids is 1. The number of carboxylic acid groups (broad SMARTS) is 1. The molecule has 0 atom stereocenters. The summed E-state index contributed by atoms with van der Waals surface area (Å²) >= 11 is 0. The van der Waals surface area contributed by atoms with Crippen molar-refractivity contribution in [1.29, 1.82) is 0 Å². The number of aliphatic carboxylic acids is 1. The van der Waals surface area contributed by atoms with Crippen molar-refractivity contribution in [1.82, 2.24) is 0 Å². The van der Waals surface area contributed by atoms with Crippen molar-refractivity contribution in [2.75, 3.05) is 18.0 Å². The Kier molecular flexibility index (Phi) is 4.61. The zero-order valence-corrected chi connectivity index (χ0v) is 11.4. The van der Waals surface area contributed by atoms with Crippen LogP contribution in [0.1, 0.15) is 31.7 Å². The smallest absolute Gasteiger partial charge is 0.328 e. The van der Waals surface area contributed by atoms with Crippen molar-refractivity contribution >= 4 is 17.7 Å². The molecule has 0 amide bonds. The summed E-state index contributed by atoms with van der Waals surface area (Å²) in [5.74, 6) is -0.103. The molecule has 0 radical (unpaired) electrons. The Labute approximate surface area is 114 Å². The molecule has 0 bridgehead atoms. The average molecular weight is 259 g/mol.